The van der Waals surface area contributed by atoms with Crippen molar-refractivity contribution in [2.45, 2.75) is 64.5 Å². The maximum Gasteiger partial charge on any atom is 0.158 e. The zero-order valence-electron chi connectivity index (χ0n) is 16.8. The molecule has 0 aromatic carbocycles. The third-order valence-corrected chi connectivity index (χ3v) is 6.43. The second kappa shape index (κ2) is 7.28. The highest BCUT2D eigenvalue weighted by molar-refractivity contribution is 5.78. The van der Waals surface area contributed by atoms with E-state index in [9.17, 15) is 0 Å². The van der Waals surface area contributed by atoms with Crippen LogP contribution in [0.3, 0.4) is 0 Å². The Balaban J connectivity index is 1.48. The summed E-state index contributed by atoms with van der Waals surface area (Å²) in [5, 5.41) is 5.76. The first-order valence-electron chi connectivity index (χ1n) is 10.3. The highest BCUT2D eigenvalue weighted by Gasteiger charge is 2.28. The van der Waals surface area contributed by atoms with Gasteiger partial charge in [-0.05, 0) is 91.3 Å². The van der Waals surface area contributed by atoms with Gasteiger partial charge in [0.1, 0.15) is 0 Å². The minimum Gasteiger partial charge on any atom is -0.306 e. The highest BCUT2D eigenvalue weighted by Crippen LogP contribution is 2.32. The van der Waals surface area contributed by atoms with Crippen LogP contribution in [-0.4, -0.2) is 63.8 Å². The summed E-state index contributed by atoms with van der Waals surface area (Å²) >= 11 is 0. The van der Waals surface area contributed by atoms with Crippen LogP contribution in [0, 0.1) is 6.92 Å². The van der Waals surface area contributed by atoms with Gasteiger partial charge in [-0.25, -0.2) is 9.67 Å². The molecule has 2 aliphatic heterocycles. The standard InChI is InChI=1S/C21H33N5/c1-15(2)26-21-19(14-22-26)16(3)13-20(23-21)17-5-11-25(12-6-17)18-7-9-24(4)10-8-18/h13-15,17-18H,5-12H2,1-4H3. The number of hydrogen-bond donors (Lipinski definition) is 0. The molecule has 0 saturated carbocycles. The van der Waals surface area contributed by atoms with Crippen LogP contribution in [0.5, 0.6) is 0 Å². The molecule has 142 valence electrons. The van der Waals surface area contributed by atoms with E-state index in [1.54, 1.807) is 0 Å². The number of pyridine rings is 1. The van der Waals surface area contributed by atoms with Crippen molar-refractivity contribution < 1.29 is 0 Å². The maximum atomic E-state index is 5.06. The topological polar surface area (TPSA) is 37.2 Å². The summed E-state index contributed by atoms with van der Waals surface area (Å²) in [6.45, 7) is 11.5. The maximum absolute atomic E-state index is 5.06. The van der Waals surface area contributed by atoms with Crippen molar-refractivity contribution in [2.75, 3.05) is 33.2 Å². The van der Waals surface area contributed by atoms with E-state index in [2.05, 4.69) is 53.5 Å². The largest absolute Gasteiger partial charge is 0.306 e. The Hall–Kier alpha value is -1.46. The number of nitrogens with zero attached hydrogens (tertiary/aromatic N) is 5. The average Bonchev–Trinajstić information content (AvgIpc) is 3.07. The van der Waals surface area contributed by atoms with Gasteiger partial charge in [-0.15, -0.1) is 0 Å². The van der Waals surface area contributed by atoms with Gasteiger partial charge >= 0.3 is 0 Å². The smallest absolute Gasteiger partial charge is 0.158 e. The molecule has 26 heavy (non-hydrogen) atoms. The van der Waals surface area contributed by atoms with E-state index in [0.29, 0.717) is 12.0 Å². The minimum atomic E-state index is 0.348. The van der Waals surface area contributed by atoms with Crippen LogP contribution in [0.2, 0.25) is 0 Å². The van der Waals surface area contributed by atoms with Gasteiger partial charge in [0.2, 0.25) is 0 Å². The second-order valence-electron chi connectivity index (χ2n) is 8.63. The van der Waals surface area contributed by atoms with E-state index in [1.807, 2.05) is 6.20 Å². The third-order valence-electron chi connectivity index (χ3n) is 6.43. The molecule has 0 atom stereocenters. The number of aryl methyl sites for hydroxylation is 1. The fourth-order valence-corrected chi connectivity index (χ4v) is 4.71. The molecule has 2 aromatic heterocycles. The molecule has 2 saturated heterocycles. The molecule has 0 bridgehead atoms. The van der Waals surface area contributed by atoms with E-state index < -0.39 is 0 Å². The molecule has 0 spiro atoms. The lowest BCUT2D eigenvalue weighted by atomic mass is 9.90. The van der Waals surface area contributed by atoms with Crippen LogP contribution in [-0.2, 0) is 0 Å². The predicted octanol–water partition coefficient (Wildman–Crippen LogP) is 3.59. The molecule has 5 nitrogen and oxygen atoms in total. The van der Waals surface area contributed by atoms with E-state index in [4.69, 9.17) is 4.98 Å². The number of likely N-dealkylation sites (tertiary alicyclic amines) is 2. The van der Waals surface area contributed by atoms with Gasteiger partial charge in [-0.1, -0.05) is 0 Å². The molecular formula is C21H33N5. The van der Waals surface area contributed by atoms with Crippen LogP contribution in [0.1, 0.15) is 62.7 Å². The molecule has 2 aliphatic rings. The molecule has 4 rings (SSSR count). The molecule has 2 aromatic rings. The van der Waals surface area contributed by atoms with Crippen molar-refractivity contribution in [1.29, 1.82) is 0 Å². The van der Waals surface area contributed by atoms with Crippen molar-refractivity contribution >= 4 is 11.0 Å². The second-order valence-corrected chi connectivity index (χ2v) is 8.63. The number of hydrogen-bond acceptors (Lipinski definition) is 4. The van der Waals surface area contributed by atoms with Crippen LogP contribution in [0.25, 0.3) is 11.0 Å². The Morgan fingerprint density at radius 3 is 2.38 bits per heavy atom. The Kier molecular flexibility index (Phi) is 5.02. The molecule has 5 heteroatoms. The number of piperidine rings is 2. The monoisotopic (exact) mass is 355 g/mol. The first-order valence-corrected chi connectivity index (χ1v) is 10.3. The lowest BCUT2D eigenvalue weighted by Gasteiger charge is -2.41. The first-order chi connectivity index (χ1) is 12.5. The van der Waals surface area contributed by atoms with Gasteiger partial charge in [0.15, 0.2) is 5.65 Å². The molecular weight excluding hydrogens is 322 g/mol. The van der Waals surface area contributed by atoms with Gasteiger partial charge in [0, 0.05) is 29.1 Å². The zero-order valence-corrected chi connectivity index (χ0v) is 16.8. The Bertz CT molecular complexity index is 749. The van der Waals surface area contributed by atoms with E-state index in [-0.39, 0.29) is 0 Å². The molecule has 0 unspecified atom stereocenters. The van der Waals surface area contributed by atoms with Gasteiger partial charge in [-0.2, -0.15) is 5.10 Å². The van der Waals surface area contributed by atoms with Gasteiger partial charge in [-0.3, -0.25) is 0 Å². The zero-order chi connectivity index (χ0) is 18.3. The summed E-state index contributed by atoms with van der Waals surface area (Å²) in [5.41, 5.74) is 3.66. The molecule has 2 fully saturated rings. The van der Waals surface area contributed by atoms with Crippen LogP contribution >= 0.6 is 0 Å². The van der Waals surface area contributed by atoms with Crippen molar-refractivity contribution in [1.82, 2.24) is 24.6 Å². The van der Waals surface area contributed by atoms with Crippen LogP contribution in [0.4, 0.5) is 0 Å². The lowest BCUT2D eigenvalue weighted by molar-refractivity contribution is 0.0962. The first kappa shape index (κ1) is 17.9. The molecule has 0 aliphatic carbocycles. The molecule has 0 amide bonds. The van der Waals surface area contributed by atoms with Crippen molar-refractivity contribution in [3.63, 3.8) is 0 Å². The minimum absolute atomic E-state index is 0.348. The highest BCUT2D eigenvalue weighted by atomic mass is 15.3. The van der Waals surface area contributed by atoms with E-state index >= 15 is 0 Å². The Morgan fingerprint density at radius 1 is 1.04 bits per heavy atom. The fraction of sp³-hybridized carbons (Fsp3) is 0.714. The van der Waals surface area contributed by atoms with E-state index in [1.165, 1.54) is 68.5 Å². The van der Waals surface area contributed by atoms with Gasteiger partial charge in [0.25, 0.3) is 0 Å². The summed E-state index contributed by atoms with van der Waals surface area (Å²) < 4.78 is 2.07. The van der Waals surface area contributed by atoms with Crippen molar-refractivity contribution in [2.24, 2.45) is 0 Å². The molecule has 4 heterocycles. The van der Waals surface area contributed by atoms with Crippen LogP contribution < -0.4 is 0 Å². The quantitative estimate of drug-likeness (QED) is 0.843. The average molecular weight is 356 g/mol. The summed E-state index contributed by atoms with van der Waals surface area (Å²) in [6.07, 6.45) is 7.11. The molecule has 0 N–H and O–H groups in total. The lowest BCUT2D eigenvalue weighted by Crippen LogP contribution is -2.46. The number of aromatic nitrogens is 3. The number of rotatable bonds is 3. The van der Waals surface area contributed by atoms with Gasteiger partial charge < -0.3 is 9.80 Å². The summed E-state index contributed by atoms with van der Waals surface area (Å²) in [4.78, 5) is 10.3. The van der Waals surface area contributed by atoms with Gasteiger partial charge in [0.05, 0.1) is 6.20 Å². The summed E-state index contributed by atoms with van der Waals surface area (Å²) in [7, 11) is 2.24. The fourth-order valence-electron chi connectivity index (χ4n) is 4.71. The summed E-state index contributed by atoms with van der Waals surface area (Å²) in [5.74, 6) is 0.594. The Labute approximate surface area is 157 Å². The Morgan fingerprint density at radius 2 is 1.73 bits per heavy atom. The normalized spacial score (nSPS) is 21.9. The van der Waals surface area contributed by atoms with E-state index in [0.717, 1.165) is 11.7 Å². The van der Waals surface area contributed by atoms with Crippen LogP contribution in [0.15, 0.2) is 12.3 Å². The SMILES string of the molecule is Cc1cc(C2CCN(C3CCN(C)CC3)CC2)nc2c1cnn2C(C)C. The molecule has 0 radical (unpaired) electrons. The summed E-state index contributed by atoms with van der Waals surface area (Å²) in [6, 6.07) is 3.46. The van der Waals surface area contributed by atoms with Crippen molar-refractivity contribution in [3.05, 3.63) is 23.5 Å². The predicted molar refractivity (Wildman–Crippen MR) is 107 cm³/mol. The van der Waals surface area contributed by atoms with Crippen molar-refractivity contribution in [3.8, 4) is 0 Å². The third kappa shape index (κ3) is 3.39. The number of fused-ring (bicyclic) bond motifs is 1.